The number of carbonyl (C=O) groups excluding carboxylic acids is 1. The number of nitrogens with one attached hydrogen (secondary N) is 1. The van der Waals surface area contributed by atoms with E-state index in [2.05, 4.69) is 25.6 Å². The Morgan fingerprint density at radius 2 is 2.30 bits per heavy atom. The molecular weight excluding hydrogens is 262 g/mol. The molecule has 0 amide bonds. The summed E-state index contributed by atoms with van der Waals surface area (Å²) >= 11 is 0. The highest BCUT2D eigenvalue weighted by Gasteiger charge is 2.29. The molecule has 1 atom stereocenters. The number of carbonyl (C=O) groups is 1. The van der Waals surface area contributed by atoms with Gasteiger partial charge in [-0.2, -0.15) is 20.4 Å². The van der Waals surface area contributed by atoms with Crippen LogP contribution in [-0.2, 0) is 9.53 Å². The molecule has 0 fully saturated rings. The van der Waals surface area contributed by atoms with Crippen molar-refractivity contribution in [1.82, 2.24) is 25.6 Å². The van der Waals surface area contributed by atoms with E-state index in [1.807, 2.05) is 13.8 Å². The Kier molecular flexibility index (Phi) is 4.44. The predicted octanol–water partition coefficient (Wildman–Crippen LogP) is 1.55. The number of esters is 1. The molecule has 0 saturated heterocycles. The number of aromatic nitrogens is 5. The highest BCUT2D eigenvalue weighted by atomic mass is 16.5. The van der Waals surface area contributed by atoms with Crippen LogP contribution < -0.4 is 0 Å². The molecule has 108 valence electrons. The van der Waals surface area contributed by atoms with E-state index in [0.29, 0.717) is 30.5 Å². The van der Waals surface area contributed by atoms with Gasteiger partial charge >= 0.3 is 5.97 Å². The van der Waals surface area contributed by atoms with Crippen LogP contribution in [-0.4, -0.2) is 38.1 Å². The third kappa shape index (κ3) is 3.19. The fraction of sp³-hybridized carbons (Fsp3) is 0.583. The molecule has 0 aliphatic rings. The Morgan fingerprint density at radius 3 is 2.90 bits per heavy atom. The van der Waals surface area contributed by atoms with Gasteiger partial charge in [-0.05, 0) is 19.3 Å². The molecule has 8 heteroatoms. The highest BCUT2D eigenvalue weighted by molar-refractivity contribution is 5.76. The zero-order valence-corrected chi connectivity index (χ0v) is 11.7. The number of H-pyrrole nitrogens is 1. The lowest BCUT2D eigenvalue weighted by Crippen LogP contribution is -2.18. The number of rotatable bonds is 6. The van der Waals surface area contributed by atoms with Crippen LogP contribution in [0, 0.1) is 5.92 Å². The van der Waals surface area contributed by atoms with E-state index >= 15 is 0 Å². The van der Waals surface area contributed by atoms with Crippen molar-refractivity contribution in [3.63, 3.8) is 0 Å². The van der Waals surface area contributed by atoms with Crippen molar-refractivity contribution in [2.24, 2.45) is 5.92 Å². The van der Waals surface area contributed by atoms with Crippen LogP contribution in [0.4, 0.5) is 0 Å². The maximum Gasteiger partial charge on any atom is 0.318 e. The quantitative estimate of drug-likeness (QED) is 0.799. The summed E-state index contributed by atoms with van der Waals surface area (Å²) in [5.74, 6) is -0.0617. The van der Waals surface area contributed by atoms with Crippen LogP contribution in [0.3, 0.4) is 0 Å². The van der Waals surface area contributed by atoms with Gasteiger partial charge in [0, 0.05) is 0 Å². The second-order valence-corrected chi connectivity index (χ2v) is 4.75. The van der Waals surface area contributed by atoms with Gasteiger partial charge in [-0.25, -0.2) is 0 Å². The first kappa shape index (κ1) is 14.2. The van der Waals surface area contributed by atoms with E-state index in [-0.39, 0.29) is 11.9 Å². The summed E-state index contributed by atoms with van der Waals surface area (Å²) in [7, 11) is 0. The normalized spacial score (nSPS) is 12.6. The molecule has 1 N–H and O–H groups in total. The summed E-state index contributed by atoms with van der Waals surface area (Å²) in [6.07, 6.45) is 2.07. The predicted molar refractivity (Wildman–Crippen MR) is 68.5 cm³/mol. The fourth-order valence-electron chi connectivity index (χ4n) is 1.80. The Bertz CT molecular complexity index is 549. The summed E-state index contributed by atoms with van der Waals surface area (Å²) < 4.78 is 10.2. The molecule has 0 aliphatic carbocycles. The van der Waals surface area contributed by atoms with Crippen molar-refractivity contribution in [3.8, 4) is 11.5 Å². The van der Waals surface area contributed by atoms with Gasteiger partial charge in [0.05, 0.1) is 12.8 Å². The second kappa shape index (κ2) is 6.27. The molecule has 0 bridgehead atoms. The Labute approximate surface area is 115 Å². The molecule has 2 heterocycles. The SMILES string of the molecule is CCOC(=O)C(CC(C)C)c1nc(-c2cn[nH]n2)no1. The first-order valence-electron chi connectivity index (χ1n) is 6.48. The summed E-state index contributed by atoms with van der Waals surface area (Å²) in [4.78, 5) is 16.2. The number of hydrogen-bond donors (Lipinski definition) is 1. The average Bonchev–Trinajstić information content (AvgIpc) is 3.06. The van der Waals surface area contributed by atoms with E-state index in [0.717, 1.165) is 0 Å². The minimum Gasteiger partial charge on any atom is -0.465 e. The van der Waals surface area contributed by atoms with Crippen LogP contribution in [0.2, 0.25) is 0 Å². The minimum atomic E-state index is -0.553. The van der Waals surface area contributed by atoms with Gasteiger partial charge in [-0.15, -0.1) is 0 Å². The third-order valence-electron chi connectivity index (χ3n) is 2.66. The van der Waals surface area contributed by atoms with Gasteiger partial charge in [0.15, 0.2) is 5.69 Å². The number of ether oxygens (including phenoxy) is 1. The van der Waals surface area contributed by atoms with E-state index in [1.54, 1.807) is 6.92 Å². The molecule has 0 spiro atoms. The Hall–Kier alpha value is -2.25. The Morgan fingerprint density at radius 1 is 1.50 bits per heavy atom. The van der Waals surface area contributed by atoms with Crippen molar-refractivity contribution in [1.29, 1.82) is 0 Å². The van der Waals surface area contributed by atoms with Gasteiger partial charge in [0.25, 0.3) is 0 Å². The molecule has 2 aromatic rings. The molecular formula is C12H17N5O3. The topological polar surface area (TPSA) is 107 Å². The molecule has 0 aliphatic heterocycles. The van der Waals surface area contributed by atoms with Crippen LogP contribution in [0.15, 0.2) is 10.7 Å². The van der Waals surface area contributed by atoms with Crippen LogP contribution in [0.5, 0.6) is 0 Å². The van der Waals surface area contributed by atoms with Gasteiger partial charge in [-0.3, -0.25) is 4.79 Å². The van der Waals surface area contributed by atoms with E-state index in [1.165, 1.54) is 6.20 Å². The minimum absolute atomic E-state index is 0.246. The Balaban J connectivity index is 2.22. The van der Waals surface area contributed by atoms with Crippen molar-refractivity contribution in [3.05, 3.63) is 12.1 Å². The highest BCUT2D eigenvalue weighted by Crippen LogP contribution is 2.25. The number of nitrogens with zero attached hydrogens (tertiary/aromatic N) is 4. The lowest BCUT2D eigenvalue weighted by atomic mass is 9.97. The van der Waals surface area contributed by atoms with Crippen molar-refractivity contribution in [2.45, 2.75) is 33.1 Å². The van der Waals surface area contributed by atoms with Crippen molar-refractivity contribution >= 4 is 5.97 Å². The molecule has 0 saturated carbocycles. The van der Waals surface area contributed by atoms with Crippen LogP contribution >= 0.6 is 0 Å². The zero-order valence-electron chi connectivity index (χ0n) is 11.7. The van der Waals surface area contributed by atoms with Crippen molar-refractivity contribution < 1.29 is 14.1 Å². The summed E-state index contributed by atoms with van der Waals surface area (Å²) in [5, 5.41) is 13.8. The number of hydrogen-bond acceptors (Lipinski definition) is 7. The first-order valence-corrected chi connectivity index (χ1v) is 6.48. The van der Waals surface area contributed by atoms with E-state index in [4.69, 9.17) is 9.26 Å². The monoisotopic (exact) mass is 279 g/mol. The lowest BCUT2D eigenvalue weighted by Gasteiger charge is -2.13. The average molecular weight is 279 g/mol. The van der Waals surface area contributed by atoms with Gasteiger partial charge in [0.2, 0.25) is 11.7 Å². The third-order valence-corrected chi connectivity index (χ3v) is 2.66. The first-order chi connectivity index (χ1) is 9.61. The lowest BCUT2D eigenvalue weighted by molar-refractivity contribution is -0.146. The summed E-state index contributed by atoms with van der Waals surface area (Å²) in [5.41, 5.74) is 0.465. The molecule has 0 radical (unpaired) electrons. The second-order valence-electron chi connectivity index (χ2n) is 4.75. The summed E-state index contributed by atoms with van der Waals surface area (Å²) in [6.45, 7) is 6.11. The molecule has 2 aromatic heterocycles. The maximum atomic E-state index is 12.0. The standard InChI is InChI=1S/C12H17N5O3/c1-4-19-12(18)8(5-7(2)3)11-14-10(16-20-11)9-6-13-17-15-9/h6-8H,4-5H2,1-3H3,(H,13,15,17). The van der Waals surface area contributed by atoms with Gasteiger partial charge in [0.1, 0.15) is 5.92 Å². The van der Waals surface area contributed by atoms with Crippen LogP contribution in [0.1, 0.15) is 39.0 Å². The van der Waals surface area contributed by atoms with Crippen molar-refractivity contribution in [2.75, 3.05) is 6.61 Å². The maximum absolute atomic E-state index is 12.0. The molecule has 0 aromatic carbocycles. The van der Waals surface area contributed by atoms with E-state index < -0.39 is 5.92 Å². The smallest absolute Gasteiger partial charge is 0.318 e. The van der Waals surface area contributed by atoms with Crippen LogP contribution in [0.25, 0.3) is 11.5 Å². The largest absolute Gasteiger partial charge is 0.465 e. The zero-order chi connectivity index (χ0) is 14.5. The number of aromatic amines is 1. The molecule has 20 heavy (non-hydrogen) atoms. The van der Waals surface area contributed by atoms with E-state index in [9.17, 15) is 4.79 Å². The summed E-state index contributed by atoms with van der Waals surface area (Å²) in [6, 6.07) is 0. The van der Waals surface area contributed by atoms with Gasteiger partial charge < -0.3 is 9.26 Å². The molecule has 1 unspecified atom stereocenters. The molecule has 8 nitrogen and oxygen atoms in total. The molecule has 2 rings (SSSR count). The van der Waals surface area contributed by atoms with Gasteiger partial charge in [-0.1, -0.05) is 19.0 Å². The fourth-order valence-corrected chi connectivity index (χ4v) is 1.80.